The summed E-state index contributed by atoms with van der Waals surface area (Å²) in [5.74, 6) is 0.366. The van der Waals surface area contributed by atoms with Gasteiger partial charge < -0.3 is 5.73 Å². The molecule has 1 aliphatic carbocycles. The van der Waals surface area contributed by atoms with Crippen molar-refractivity contribution in [3.8, 4) is 0 Å². The summed E-state index contributed by atoms with van der Waals surface area (Å²) in [6, 6.07) is 3.33. The van der Waals surface area contributed by atoms with Gasteiger partial charge in [-0.25, -0.2) is 13.1 Å². The number of halogens is 2. The Morgan fingerprint density at radius 2 is 2.17 bits per heavy atom. The Morgan fingerprint density at radius 1 is 1.56 bits per heavy atom. The van der Waals surface area contributed by atoms with E-state index in [1.165, 1.54) is 11.3 Å². The fourth-order valence-electron chi connectivity index (χ4n) is 1.81. The van der Waals surface area contributed by atoms with Gasteiger partial charge in [0, 0.05) is 12.1 Å². The molecule has 3 N–H and O–H groups in total. The van der Waals surface area contributed by atoms with Gasteiger partial charge in [-0.3, -0.25) is 0 Å². The van der Waals surface area contributed by atoms with Crippen LogP contribution in [0.3, 0.4) is 0 Å². The third-order valence-electron chi connectivity index (χ3n) is 3.08. The first kappa shape index (κ1) is 16.4. The van der Waals surface area contributed by atoms with Crippen LogP contribution in [0.4, 0.5) is 0 Å². The van der Waals surface area contributed by atoms with Crippen molar-refractivity contribution in [3.63, 3.8) is 0 Å². The molecule has 1 aliphatic rings. The number of sulfonamides is 1. The van der Waals surface area contributed by atoms with Gasteiger partial charge in [0.25, 0.3) is 10.0 Å². The van der Waals surface area contributed by atoms with Crippen molar-refractivity contribution in [1.82, 2.24) is 4.72 Å². The molecule has 18 heavy (non-hydrogen) atoms. The maximum absolute atomic E-state index is 12.2. The first-order valence-electron chi connectivity index (χ1n) is 5.37. The second-order valence-corrected chi connectivity index (χ2v) is 8.93. The normalized spacial score (nSPS) is 19.1. The van der Waals surface area contributed by atoms with E-state index in [1.54, 1.807) is 12.1 Å². The van der Waals surface area contributed by atoms with Crippen molar-refractivity contribution in [2.75, 3.05) is 6.54 Å². The van der Waals surface area contributed by atoms with E-state index in [9.17, 15) is 8.42 Å². The van der Waals surface area contributed by atoms with E-state index in [0.717, 1.165) is 16.6 Å². The standard InChI is InChI=1S/C10H15BrN2O2S2.ClH/c1-10(6-12,7-2-3-7)13-17(14,15)9-5-4-8(11)16-9;/h4-5,7,13H,2-3,6,12H2,1H3;1H. The number of rotatable bonds is 5. The molecule has 1 aromatic rings. The Kier molecular flexibility index (Phi) is 5.25. The number of nitrogens with one attached hydrogen (secondary N) is 1. The van der Waals surface area contributed by atoms with Crippen LogP contribution < -0.4 is 10.5 Å². The molecule has 0 bridgehead atoms. The van der Waals surface area contributed by atoms with Gasteiger partial charge in [0.15, 0.2) is 0 Å². The Balaban J connectivity index is 0.00000162. The Bertz CT molecular complexity index is 516. The maximum Gasteiger partial charge on any atom is 0.250 e. The van der Waals surface area contributed by atoms with Gasteiger partial charge in [-0.05, 0) is 53.7 Å². The minimum absolute atomic E-state index is 0. The third kappa shape index (κ3) is 3.46. The number of nitrogens with two attached hydrogens (primary N) is 1. The minimum atomic E-state index is -3.46. The van der Waals surface area contributed by atoms with Crippen LogP contribution in [-0.4, -0.2) is 20.5 Å². The van der Waals surface area contributed by atoms with E-state index < -0.39 is 15.6 Å². The van der Waals surface area contributed by atoms with Crippen molar-refractivity contribution in [2.45, 2.75) is 29.5 Å². The van der Waals surface area contributed by atoms with Crippen LogP contribution in [-0.2, 0) is 10.0 Å². The summed E-state index contributed by atoms with van der Waals surface area (Å²) in [6.07, 6.45) is 2.09. The van der Waals surface area contributed by atoms with E-state index >= 15 is 0 Å². The average molecular weight is 376 g/mol. The fourth-order valence-corrected chi connectivity index (χ4v) is 5.30. The lowest BCUT2D eigenvalue weighted by molar-refractivity contribution is 0.374. The average Bonchev–Trinajstić information content (AvgIpc) is 3.01. The monoisotopic (exact) mass is 374 g/mol. The van der Waals surface area contributed by atoms with Gasteiger partial charge >= 0.3 is 0 Å². The summed E-state index contributed by atoms with van der Waals surface area (Å²) in [5, 5.41) is 0. The second kappa shape index (κ2) is 5.76. The first-order chi connectivity index (χ1) is 7.87. The summed E-state index contributed by atoms with van der Waals surface area (Å²) < 4.78 is 28.2. The minimum Gasteiger partial charge on any atom is -0.329 e. The fraction of sp³-hybridized carbons (Fsp3) is 0.600. The number of thiophene rings is 1. The Morgan fingerprint density at radius 3 is 2.56 bits per heavy atom. The lowest BCUT2D eigenvalue weighted by atomic mass is 9.98. The molecule has 2 rings (SSSR count). The number of hydrogen-bond donors (Lipinski definition) is 2. The molecule has 0 amide bonds. The zero-order valence-electron chi connectivity index (χ0n) is 9.85. The largest absolute Gasteiger partial charge is 0.329 e. The van der Waals surface area contributed by atoms with Crippen LogP contribution >= 0.6 is 39.7 Å². The van der Waals surface area contributed by atoms with E-state index in [2.05, 4.69) is 20.7 Å². The molecule has 1 fully saturated rings. The lowest BCUT2D eigenvalue weighted by Crippen LogP contribution is -2.52. The van der Waals surface area contributed by atoms with Gasteiger partial charge in [-0.15, -0.1) is 23.7 Å². The summed E-state index contributed by atoms with van der Waals surface area (Å²) in [4.78, 5) is 0. The molecule has 1 unspecified atom stereocenters. The predicted octanol–water partition coefficient (Wildman–Crippen LogP) is 2.34. The zero-order chi connectivity index (χ0) is 12.7. The van der Waals surface area contributed by atoms with Crippen LogP contribution in [0.2, 0.25) is 0 Å². The molecule has 0 aromatic carbocycles. The molecule has 1 saturated carbocycles. The highest BCUT2D eigenvalue weighted by molar-refractivity contribution is 9.11. The summed E-state index contributed by atoms with van der Waals surface area (Å²) in [5.41, 5.74) is 5.19. The topological polar surface area (TPSA) is 72.2 Å². The van der Waals surface area contributed by atoms with Crippen LogP contribution in [0.5, 0.6) is 0 Å². The smallest absolute Gasteiger partial charge is 0.250 e. The second-order valence-electron chi connectivity index (χ2n) is 4.56. The molecule has 0 aliphatic heterocycles. The highest BCUT2D eigenvalue weighted by atomic mass is 79.9. The van der Waals surface area contributed by atoms with Crippen LogP contribution in [0.25, 0.3) is 0 Å². The first-order valence-corrected chi connectivity index (χ1v) is 8.46. The molecule has 1 atom stereocenters. The van der Waals surface area contributed by atoms with Crippen molar-refractivity contribution < 1.29 is 8.42 Å². The molecule has 0 radical (unpaired) electrons. The SMILES string of the molecule is CC(CN)(NS(=O)(=O)c1ccc(Br)s1)C1CC1.Cl. The van der Waals surface area contributed by atoms with Crippen molar-refractivity contribution in [1.29, 1.82) is 0 Å². The molecule has 104 valence electrons. The lowest BCUT2D eigenvalue weighted by Gasteiger charge is -2.28. The zero-order valence-corrected chi connectivity index (χ0v) is 13.9. The molecule has 0 saturated heterocycles. The predicted molar refractivity (Wildman–Crippen MR) is 79.8 cm³/mol. The summed E-state index contributed by atoms with van der Waals surface area (Å²) >= 11 is 4.47. The summed E-state index contributed by atoms with van der Waals surface area (Å²) in [6.45, 7) is 2.20. The Labute approximate surface area is 126 Å². The van der Waals surface area contributed by atoms with E-state index in [4.69, 9.17) is 5.73 Å². The number of hydrogen-bond acceptors (Lipinski definition) is 4. The highest BCUT2D eigenvalue weighted by Crippen LogP contribution is 2.40. The van der Waals surface area contributed by atoms with Crippen LogP contribution in [0, 0.1) is 5.92 Å². The third-order valence-corrected chi connectivity index (χ3v) is 6.81. The Hall–Kier alpha value is 0.340. The van der Waals surface area contributed by atoms with Crippen LogP contribution in [0.1, 0.15) is 19.8 Å². The van der Waals surface area contributed by atoms with Gasteiger partial charge in [-0.2, -0.15) is 0 Å². The van der Waals surface area contributed by atoms with Gasteiger partial charge in [0.2, 0.25) is 0 Å². The van der Waals surface area contributed by atoms with Gasteiger partial charge in [0.1, 0.15) is 4.21 Å². The van der Waals surface area contributed by atoms with E-state index in [-0.39, 0.29) is 12.4 Å². The maximum atomic E-state index is 12.2. The van der Waals surface area contributed by atoms with Gasteiger partial charge in [0.05, 0.1) is 3.79 Å². The van der Waals surface area contributed by atoms with Crippen molar-refractivity contribution in [3.05, 3.63) is 15.9 Å². The van der Waals surface area contributed by atoms with Gasteiger partial charge in [-0.1, -0.05) is 0 Å². The van der Waals surface area contributed by atoms with E-state index in [1.807, 2.05) is 6.92 Å². The molecule has 8 heteroatoms. The molecule has 0 spiro atoms. The van der Waals surface area contributed by atoms with Crippen LogP contribution in [0.15, 0.2) is 20.1 Å². The summed E-state index contributed by atoms with van der Waals surface area (Å²) in [7, 11) is -3.46. The van der Waals surface area contributed by atoms with E-state index in [0.29, 0.717) is 16.7 Å². The molecule has 1 heterocycles. The molecule has 4 nitrogen and oxygen atoms in total. The molecule has 1 aromatic heterocycles. The highest BCUT2D eigenvalue weighted by Gasteiger charge is 2.43. The quantitative estimate of drug-likeness (QED) is 0.829. The van der Waals surface area contributed by atoms with Crippen molar-refractivity contribution in [2.24, 2.45) is 11.7 Å². The molecular formula is C10H16BrClN2O2S2. The van der Waals surface area contributed by atoms with Crippen molar-refractivity contribution >= 4 is 49.7 Å². The molecular weight excluding hydrogens is 360 g/mol.